The van der Waals surface area contributed by atoms with Crippen LogP contribution in [0.3, 0.4) is 0 Å². The third kappa shape index (κ3) is 6.10. The van der Waals surface area contributed by atoms with Gasteiger partial charge in [-0.3, -0.25) is 14.5 Å². The van der Waals surface area contributed by atoms with E-state index in [1.54, 1.807) is 39.0 Å². The molecular weight excluding hydrogens is 448 g/mol. The monoisotopic (exact) mass is 472 g/mol. The van der Waals surface area contributed by atoms with E-state index in [-0.39, 0.29) is 36.9 Å². The van der Waals surface area contributed by atoms with Crippen LogP contribution in [0.25, 0.3) is 0 Å². The maximum Gasteiger partial charge on any atom is 0.413 e. The molecule has 1 N–H and O–H groups in total. The Balaban J connectivity index is 1.74. The minimum absolute atomic E-state index is 0.0162. The highest BCUT2D eigenvalue weighted by Gasteiger charge is 2.40. The maximum atomic E-state index is 13.1. The molecule has 8 nitrogen and oxygen atoms in total. The van der Waals surface area contributed by atoms with Crippen molar-refractivity contribution in [2.45, 2.75) is 39.8 Å². The van der Waals surface area contributed by atoms with E-state index in [1.165, 1.54) is 12.1 Å². The molecule has 0 spiro atoms. The molecule has 0 bridgehead atoms. The van der Waals surface area contributed by atoms with Crippen LogP contribution in [0.2, 0.25) is 5.02 Å². The van der Waals surface area contributed by atoms with Gasteiger partial charge in [0.2, 0.25) is 5.91 Å². The van der Waals surface area contributed by atoms with Gasteiger partial charge in [-0.2, -0.15) is 0 Å². The average molecular weight is 473 g/mol. The molecule has 0 radical (unpaired) electrons. The molecule has 1 fully saturated rings. The largest absolute Gasteiger partial charge is 0.444 e. The van der Waals surface area contributed by atoms with Crippen molar-refractivity contribution in [2.24, 2.45) is 5.41 Å². The summed E-state index contributed by atoms with van der Waals surface area (Å²) in [7, 11) is 0. The number of carbonyl (C=O) groups excluding carboxylic acids is 4. The van der Waals surface area contributed by atoms with Crippen LogP contribution in [-0.4, -0.2) is 41.4 Å². The summed E-state index contributed by atoms with van der Waals surface area (Å²) >= 11 is 6.07. The summed E-state index contributed by atoms with van der Waals surface area (Å²) in [5, 5.41) is 3.02. The van der Waals surface area contributed by atoms with Crippen molar-refractivity contribution in [3.05, 3.63) is 64.7 Å². The first-order chi connectivity index (χ1) is 15.6. The molecule has 0 aliphatic carbocycles. The first-order valence-corrected chi connectivity index (χ1v) is 10.7. The number of benzene rings is 2. The summed E-state index contributed by atoms with van der Waals surface area (Å²) in [6, 6.07) is 12.4. The Kier molecular flexibility index (Phi) is 7.38. The SMILES string of the molecule is CC(C)(C)C(=O)Nc1ccc(Cl)cc1C(=O)CC1C(=O)OCN1C(=O)OCc1ccccc1. The van der Waals surface area contributed by atoms with Crippen LogP contribution in [0.4, 0.5) is 10.5 Å². The number of cyclic esters (lactones) is 1. The second-order valence-electron chi connectivity index (χ2n) is 8.64. The number of hydrogen-bond acceptors (Lipinski definition) is 6. The van der Waals surface area contributed by atoms with Crippen molar-refractivity contribution in [1.29, 1.82) is 0 Å². The Morgan fingerprint density at radius 3 is 2.52 bits per heavy atom. The average Bonchev–Trinajstić information content (AvgIpc) is 3.13. The number of Topliss-reactive ketones (excluding diaryl/α,β-unsaturated/α-hetero) is 1. The van der Waals surface area contributed by atoms with Crippen LogP contribution in [0.5, 0.6) is 0 Å². The lowest BCUT2D eigenvalue weighted by atomic mass is 9.95. The van der Waals surface area contributed by atoms with E-state index in [2.05, 4.69) is 5.32 Å². The quantitative estimate of drug-likeness (QED) is 0.493. The molecule has 174 valence electrons. The van der Waals surface area contributed by atoms with Crippen molar-refractivity contribution in [3.8, 4) is 0 Å². The molecule has 1 aliphatic heterocycles. The molecule has 1 aliphatic rings. The van der Waals surface area contributed by atoms with Gasteiger partial charge in [0.15, 0.2) is 12.5 Å². The van der Waals surface area contributed by atoms with Gasteiger partial charge < -0.3 is 14.8 Å². The number of nitrogens with zero attached hydrogens (tertiary/aromatic N) is 1. The van der Waals surface area contributed by atoms with E-state index in [1.807, 2.05) is 18.2 Å². The summed E-state index contributed by atoms with van der Waals surface area (Å²) in [6.45, 7) is 4.93. The second kappa shape index (κ2) is 10.0. The minimum atomic E-state index is -1.15. The molecule has 3 rings (SSSR count). The first-order valence-electron chi connectivity index (χ1n) is 10.3. The van der Waals surface area contributed by atoms with Crippen molar-refractivity contribution >= 4 is 41.0 Å². The van der Waals surface area contributed by atoms with E-state index < -0.39 is 29.3 Å². The Bertz CT molecular complexity index is 1060. The molecule has 33 heavy (non-hydrogen) atoms. The number of rotatable bonds is 6. The molecule has 0 aromatic heterocycles. The number of halogens is 1. The van der Waals surface area contributed by atoms with Crippen LogP contribution in [-0.2, 0) is 25.7 Å². The van der Waals surface area contributed by atoms with Gasteiger partial charge in [0.25, 0.3) is 0 Å². The summed E-state index contributed by atoms with van der Waals surface area (Å²) in [5.74, 6) is -1.47. The van der Waals surface area contributed by atoms with Gasteiger partial charge >= 0.3 is 12.1 Å². The lowest BCUT2D eigenvalue weighted by molar-refractivity contribution is -0.139. The number of nitrogens with one attached hydrogen (secondary N) is 1. The van der Waals surface area contributed by atoms with Gasteiger partial charge in [-0.05, 0) is 23.8 Å². The molecule has 1 unspecified atom stereocenters. The Labute approximate surface area is 196 Å². The van der Waals surface area contributed by atoms with E-state index in [9.17, 15) is 19.2 Å². The fourth-order valence-electron chi connectivity index (χ4n) is 3.07. The fourth-order valence-corrected chi connectivity index (χ4v) is 3.25. The number of hydrogen-bond donors (Lipinski definition) is 1. The third-order valence-corrected chi connectivity index (χ3v) is 5.26. The molecular formula is C24H25ClN2O6. The number of carbonyl (C=O) groups is 4. The van der Waals surface area contributed by atoms with E-state index in [4.69, 9.17) is 21.1 Å². The fraction of sp³-hybridized carbons (Fsp3) is 0.333. The predicted molar refractivity (Wildman–Crippen MR) is 122 cm³/mol. The van der Waals surface area contributed by atoms with Gasteiger partial charge in [0.1, 0.15) is 12.6 Å². The lowest BCUT2D eigenvalue weighted by Gasteiger charge is -2.21. The smallest absolute Gasteiger partial charge is 0.413 e. The van der Waals surface area contributed by atoms with Gasteiger partial charge in [-0.15, -0.1) is 0 Å². The third-order valence-electron chi connectivity index (χ3n) is 5.02. The first kappa shape index (κ1) is 24.3. The van der Waals surface area contributed by atoms with E-state index in [0.29, 0.717) is 5.02 Å². The molecule has 2 aromatic carbocycles. The van der Waals surface area contributed by atoms with Gasteiger partial charge in [0.05, 0.1) is 5.69 Å². The van der Waals surface area contributed by atoms with Crippen LogP contribution < -0.4 is 5.32 Å². The van der Waals surface area contributed by atoms with Crippen molar-refractivity contribution in [2.75, 3.05) is 12.0 Å². The van der Waals surface area contributed by atoms with Crippen LogP contribution >= 0.6 is 11.6 Å². The topological polar surface area (TPSA) is 102 Å². The number of esters is 1. The zero-order valence-electron chi connectivity index (χ0n) is 18.6. The Morgan fingerprint density at radius 2 is 1.85 bits per heavy atom. The lowest BCUT2D eigenvalue weighted by Crippen LogP contribution is -2.40. The normalized spacial score (nSPS) is 15.7. The maximum absolute atomic E-state index is 13.1. The molecule has 1 saturated heterocycles. The number of amides is 2. The summed E-state index contributed by atoms with van der Waals surface area (Å²) in [4.78, 5) is 51.4. The Morgan fingerprint density at radius 1 is 1.15 bits per heavy atom. The van der Waals surface area contributed by atoms with Gasteiger partial charge in [-0.25, -0.2) is 9.59 Å². The van der Waals surface area contributed by atoms with E-state index >= 15 is 0 Å². The van der Waals surface area contributed by atoms with Crippen molar-refractivity contribution in [1.82, 2.24) is 4.90 Å². The molecule has 0 saturated carbocycles. The molecule has 1 atom stereocenters. The predicted octanol–water partition coefficient (Wildman–Crippen LogP) is 4.42. The Hall–Kier alpha value is -3.39. The van der Waals surface area contributed by atoms with Gasteiger partial charge in [0, 0.05) is 22.4 Å². The molecule has 2 amide bonds. The standard InChI is InChI=1S/C24H25ClN2O6/c1-24(2,3)22(30)26-18-10-9-16(25)11-17(18)20(28)12-19-21(29)33-14-27(19)23(31)32-13-15-7-5-4-6-8-15/h4-11,19H,12-14H2,1-3H3,(H,26,30). The van der Waals surface area contributed by atoms with Crippen LogP contribution in [0, 0.1) is 5.41 Å². The summed E-state index contributed by atoms with van der Waals surface area (Å²) < 4.78 is 10.3. The number of ketones is 1. The highest BCUT2D eigenvalue weighted by atomic mass is 35.5. The summed E-state index contributed by atoms with van der Waals surface area (Å²) in [5.41, 5.74) is 0.503. The summed E-state index contributed by atoms with van der Waals surface area (Å²) in [6.07, 6.45) is -1.12. The highest BCUT2D eigenvalue weighted by Crippen LogP contribution is 2.27. The number of ether oxygens (including phenoxy) is 2. The zero-order chi connectivity index (χ0) is 24.2. The number of anilines is 1. The van der Waals surface area contributed by atoms with Crippen molar-refractivity contribution < 1.29 is 28.7 Å². The molecule has 1 heterocycles. The molecule has 9 heteroatoms. The highest BCUT2D eigenvalue weighted by molar-refractivity contribution is 6.31. The minimum Gasteiger partial charge on any atom is -0.444 e. The van der Waals surface area contributed by atoms with E-state index in [0.717, 1.165) is 10.5 Å². The van der Waals surface area contributed by atoms with Crippen LogP contribution in [0.15, 0.2) is 48.5 Å². The van der Waals surface area contributed by atoms with Crippen LogP contribution in [0.1, 0.15) is 43.1 Å². The zero-order valence-corrected chi connectivity index (χ0v) is 19.3. The second-order valence-corrected chi connectivity index (χ2v) is 9.08. The van der Waals surface area contributed by atoms with Gasteiger partial charge in [-0.1, -0.05) is 62.7 Å². The van der Waals surface area contributed by atoms with Crippen molar-refractivity contribution in [3.63, 3.8) is 0 Å². The molecule has 2 aromatic rings.